The smallest absolute Gasteiger partial charge is 0.244 e. The molecule has 1 radical (unpaired) electrons. The van der Waals surface area contributed by atoms with Gasteiger partial charge < -0.3 is 5.73 Å². The lowest BCUT2D eigenvalue weighted by Crippen LogP contribution is -2.32. The Labute approximate surface area is 52.4 Å². The van der Waals surface area contributed by atoms with Crippen LogP contribution in [0.5, 0.6) is 0 Å². The first-order valence-corrected chi connectivity index (χ1v) is 2.89. The summed E-state index contributed by atoms with van der Waals surface area (Å²) in [5.74, 6) is -0.690. The number of hydrogen-bond acceptors (Lipinski definition) is 1. The second kappa shape index (κ2) is 2.58. The minimum atomic E-state index is -2.30. The highest BCUT2D eigenvalue weighted by Crippen LogP contribution is 2.16. The summed E-state index contributed by atoms with van der Waals surface area (Å²) in [7, 11) is 0. The van der Waals surface area contributed by atoms with Crippen LogP contribution >= 0.6 is 0 Å². The van der Waals surface area contributed by atoms with Crippen molar-refractivity contribution in [2.75, 3.05) is 13.1 Å². The van der Waals surface area contributed by atoms with Gasteiger partial charge in [-0.05, 0) is 0 Å². The van der Waals surface area contributed by atoms with Gasteiger partial charge in [-0.3, -0.25) is 0 Å². The molecule has 0 aromatic heterocycles. The minimum absolute atomic E-state index is 0.235. The van der Waals surface area contributed by atoms with E-state index in [1.807, 2.05) is 0 Å². The summed E-state index contributed by atoms with van der Waals surface area (Å²) in [5.41, 5.74) is 5.31. The SMILES string of the molecule is N[C@@H]1C[N]C[C@@H]1C(F)F. The number of nitrogens with two attached hydrogens (primary N) is 1. The molecule has 0 amide bonds. The standard InChI is InChI=1S/C5H9F2N2/c6-5(7)3-1-9-2-4(3)8/h3-5H,1-2,8H2/t3-,4+/m0/s1. The zero-order valence-corrected chi connectivity index (χ0v) is 4.93. The molecule has 2 atom stereocenters. The van der Waals surface area contributed by atoms with E-state index in [1.54, 1.807) is 0 Å². The van der Waals surface area contributed by atoms with Crippen molar-refractivity contribution in [1.82, 2.24) is 5.32 Å². The van der Waals surface area contributed by atoms with E-state index < -0.39 is 18.4 Å². The Morgan fingerprint density at radius 2 is 2.11 bits per heavy atom. The van der Waals surface area contributed by atoms with Gasteiger partial charge in [0.25, 0.3) is 0 Å². The van der Waals surface area contributed by atoms with Crippen molar-refractivity contribution in [2.45, 2.75) is 12.5 Å². The third-order valence-electron chi connectivity index (χ3n) is 1.55. The van der Waals surface area contributed by atoms with Gasteiger partial charge in [0.2, 0.25) is 6.43 Å². The van der Waals surface area contributed by atoms with Crippen molar-refractivity contribution in [3.8, 4) is 0 Å². The van der Waals surface area contributed by atoms with Crippen LogP contribution in [0.15, 0.2) is 0 Å². The molecular weight excluding hydrogens is 126 g/mol. The van der Waals surface area contributed by atoms with Crippen molar-refractivity contribution in [2.24, 2.45) is 11.7 Å². The van der Waals surface area contributed by atoms with E-state index in [9.17, 15) is 8.78 Å². The number of nitrogens with zero attached hydrogens (tertiary/aromatic N) is 1. The Morgan fingerprint density at radius 3 is 2.33 bits per heavy atom. The largest absolute Gasteiger partial charge is 0.326 e. The van der Waals surface area contributed by atoms with Gasteiger partial charge in [-0.25, -0.2) is 14.1 Å². The van der Waals surface area contributed by atoms with Gasteiger partial charge in [-0.2, -0.15) is 0 Å². The average Bonchev–Trinajstić information content (AvgIpc) is 2.13. The number of hydrogen-bond donors (Lipinski definition) is 1. The molecule has 1 heterocycles. The molecule has 0 saturated carbocycles. The minimum Gasteiger partial charge on any atom is -0.326 e. The van der Waals surface area contributed by atoms with Crippen molar-refractivity contribution in [3.05, 3.63) is 0 Å². The van der Waals surface area contributed by atoms with Gasteiger partial charge >= 0.3 is 0 Å². The Hall–Kier alpha value is -0.220. The molecule has 2 nitrogen and oxygen atoms in total. The van der Waals surface area contributed by atoms with E-state index in [-0.39, 0.29) is 6.54 Å². The summed E-state index contributed by atoms with van der Waals surface area (Å²) in [6, 6.07) is -0.412. The molecule has 0 aromatic carbocycles. The molecule has 0 spiro atoms. The molecule has 0 aliphatic carbocycles. The van der Waals surface area contributed by atoms with Crippen LogP contribution in [0.3, 0.4) is 0 Å². The molecule has 4 heteroatoms. The van der Waals surface area contributed by atoms with Crippen molar-refractivity contribution in [1.29, 1.82) is 0 Å². The van der Waals surface area contributed by atoms with Crippen LogP contribution in [0.2, 0.25) is 0 Å². The molecule has 1 saturated heterocycles. The number of halogens is 2. The first-order valence-electron chi connectivity index (χ1n) is 2.89. The Bertz CT molecular complexity index is 97.0. The second-order valence-electron chi connectivity index (χ2n) is 2.25. The van der Waals surface area contributed by atoms with Gasteiger partial charge in [0, 0.05) is 19.1 Å². The molecule has 0 aromatic rings. The van der Waals surface area contributed by atoms with E-state index in [0.717, 1.165) is 0 Å². The van der Waals surface area contributed by atoms with Gasteiger partial charge in [0.05, 0.1) is 5.92 Å². The molecule has 1 aliphatic rings. The maximum atomic E-state index is 11.9. The Morgan fingerprint density at radius 1 is 1.44 bits per heavy atom. The monoisotopic (exact) mass is 135 g/mol. The molecule has 53 valence electrons. The van der Waals surface area contributed by atoms with E-state index in [0.29, 0.717) is 6.54 Å². The van der Waals surface area contributed by atoms with Crippen LogP contribution < -0.4 is 11.1 Å². The normalized spacial score (nSPS) is 36.0. The highest BCUT2D eigenvalue weighted by molar-refractivity contribution is 4.84. The summed E-state index contributed by atoms with van der Waals surface area (Å²) in [4.78, 5) is 0. The lowest BCUT2D eigenvalue weighted by molar-refractivity contribution is 0.0797. The molecule has 2 N–H and O–H groups in total. The zero-order valence-electron chi connectivity index (χ0n) is 4.93. The Kier molecular flexibility index (Phi) is 1.97. The molecule has 1 fully saturated rings. The van der Waals surface area contributed by atoms with Gasteiger partial charge in [-0.1, -0.05) is 0 Å². The Balaban J connectivity index is 2.40. The molecule has 0 bridgehead atoms. The lowest BCUT2D eigenvalue weighted by atomic mass is 10.1. The quantitative estimate of drug-likeness (QED) is 0.532. The molecule has 0 unspecified atom stereocenters. The fourth-order valence-electron chi connectivity index (χ4n) is 0.910. The summed E-state index contributed by atoms with van der Waals surface area (Å²) < 4.78 is 23.7. The average molecular weight is 135 g/mol. The van der Waals surface area contributed by atoms with E-state index in [4.69, 9.17) is 5.73 Å². The van der Waals surface area contributed by atoms with Crippen molar-refractivity contribution in [3.63, 3.8) is 0 Å². The van der Waals surface area contributed by atoms with E-state index in [2.05, 4.69) is 5.32 Å². The van der Waals surface area contributed by atoms with Crippen LogP contribution in [-0.4, -0.2) is 25.6 Å². The third kappa shape index (κ3) is 1.37. The molecule has 9 heavy (non-hydrogen) atoms. The van der Waals surface area contributed by atoms with Gasteiger partial charge in [0.15, 0.2) is 0 Å². The second-order valence-corrected chi connectivity index (χ2v) is 2.25. The van der Waals surface area contributed by atoms with Crippen LogP contribution in [0.25, 0.3) is 0 Å². The summed E-state index contributed by atoms with van der Waals surface area (Å²) in [6.07, 6.45) is -2.30. The molecule has 1 aliphatic heterocycles. The maximum Gasteiger partial charge on any atom is 0.244 e. The topological polar surface area (TPSA) is 40.1 Å². The predicted molar refractivity (Wildman–Crippen MR) is 29.3 cm³/mol. The highest BCUT2D eigenvalue weighted by atomic mass is 19.3. The van der Waals surface area contributed by atoms with Gasteiger partial charge in [0.1, 0.15) is 0 Å². The van der Waals surface area contributed by atoms with Crippen LogP contribution in [-0.2, 0) is 0 Å². The maximum absolute atomic E-state index is 11.9. The van der Waals surface area contributed by atoms with Crippen molar-refractivity contribution < 1.29 is 8.78 Å². The zero-order chi connectivity index (χ0) is 6.85. The summed E-state index contributed by atoms with van der Waals surface area (Å²) in [6.45, 7) is 0.633. The third-order valence-corrected chi connectivity index (χ3v) is 1.55. The highest BCUT2D eigenvalue weighted by Gasteiger charge is 2.31. The van der Waals surface area contributed by atoms with Crippen LogP contribution in [0.4, 0.5) is 8.78 Å². The fourth-order valence-corrected chi connectivity index (χ4v) is 0.910. The first-order chi connectivity index (χ1) is 4.22. The van der Waals surface area contributed by atoms with E-state index in [1.165, 1.54) is 0 Å². The fraction of sp³-hybridized carbons (Fsp3) is 1.00. The predicted octanol–water partition coefficient (Wildman–Crippen LogP) is -0.187. The number of rotatable bonds is 1. The summed E-state index contributed by atoms with van der Waals surface area (Å²) in [5, 5.41) is 3.76. The van der Waals surface area contributed by atoms with Crippen LogP contribution in [0.1, 0.15) is 0 Å². The van der Waals surface area contributed by atoms with Crippen molar-refractivity contribution >= 4 is 0 Å². The first kappa shape index (κ1) is 6.89. The number of alkyl halides is 2. The van der Waals surface area contributed by atoms with Gasteiger partial charge in [-0.15, -0.1) is 0 Å². The summed E-state index contributed by atoms with van der Waals surface area (Å²) >= 11 is 0. The lowest BCUT2D eigenvalue weighted by Gasteiger charge is -2.10. The van der Waals surface area contributed by atoms with Crippen LogP contribution in [0, 0.1) is 5.92 Å². The molecular formula is C5H9F2N2. The van der Waals surface area contributed by atoms with E-state index >= 15 is 0 Å². The molecule has 1 rings (SSSR count).